The Labute approximate surface area is 168 Å². The van der Waals surface area contributed by atoms with Crippen molar-refractivity contribution >= 4 is 33.3 Å². The fraction of sp³-hybridized carbons (Fsp3) is 0.158. The summed E-state index contributed by atoms with van der Waals surface area (Å²) in [4.78, 5) is 12.6. The SMILES string of the molecule is Cc1cc(NC(=O)CN(C)S(=O)(=O)c2ccccc2)n(-c2cccc(Cl)c2)n1. The van der Waals surface area contributed by atoms with Gasteiger partial charge in [-0.25, -0.2) is 13.1 Å². The number of nitrogens with zero attached hydrogens (tertiary/aromatic N) is 3. The van der Waals surface area contributed by atoms with Crippen LogP contribution in [0.1, 0.15) is 5.69 Å². The Morgan fingerprint density at radius 2 is 1.86 bits per heavy atom. The summed E-state index contributed by atoms with van der Waals surface area (Å²) in [5, 5.41) is 7.62. The van der Waals surface area contributed by atoms with E-state index in [2.05, 4.69) is 10.4 Å². The summed E-state index contributed by atoms with van der Waals surface area (Å²) in [6.45, 7) is 1.46. The second kappa shape index (κ2) is 8.14. The van der Waals surface area contributed by atoms with Gasteiger partial charge < -0.3 is 5.32 Å². The average molecular weight is 419 g/mol. The largest absolute Gasteiger partial charge is 0.309 e. The molecule has 0 aliphatic heterocycles. The Morgan fingerprint density at radius 1 is 1.14 bits per heavy atom. The monoisotopic (exact) mass is 418 g/mol. The molecule has 28 heavy (non-hydrogen) atoms. The van der Waals surface area contributed by atoms with Crippen LogP contribution in [0.15, 0.2) is 65.6 Å². The van der Waals surface area contributed by atoms with E-state index in [0.717, 1.165) is 4.31 Å². The molecule has 0 fully saturated rings. The molecule has 7 nitrogen and oxygen atoms in total. The van der Waals surface area contributed by atoms with Crippen LogP contribution in [0.25, 0.3) is 5.69 Å². The molecular weight excluding hydrogens is 400 g/mol. The normalized spacial score (nSPS) is 11.6. The molecule has 1 amide bonds. The Kier molecular flexibility index (Phi) is 5.83. The van der Waals surface area contributed by atoms with Crippen LogP contribution in [0, 0.1) is 6.92 Å². The van der Waals surface area contributed by atoms with Crippen LogP contribution in [0.5, 0.6) is 0 Å². The molecule has 2 aromatic carbocycles. The van der Waals surface area contributed by atoms with Crippen molar-refractivity contribution in [2.24, 2.45) is 0 Å². The number of likely N-dealkylation sites (N-methyl/N-ethyl adjacent to an activating group) is 1. The van der Waals surface area contributed by atoms with Gasteiger partial charge >= 0.3 is 0 Å². The number of halogens is 1. The summed E-state index contributed by atoms with van der Waals surface area (Å²) < 4.78 is 27.7. The molecule has 1 heterocycles. The molecule has 0 aliphatic rings. The second-order valence-electron chi connectivity index (χ2n) is 6.18. The molecule has 0 unspecified atom stereocenters. The van der Waals surface area contributed by atoms with Crippen LogP contribution >= 0.6 is 11.6 Å². The minimum Gasteiger partial charge on any atom is -0.309 e. The standard InChI is InChI=1S/C19H19ClN4O3S/c1-14-11-18(24(22-14)16-8-6-7-15(20)12-16)21-19(25)13-23(2)28(26,27)17-9-4-3-5-10-17/h3-12H,13H2,1-2H3,(H,21,25). The van der Waals surface area contributed by atoms with E-state index in [1.165, 1.54) is 19.2 Å². The highest BCUT2D eigenvalue weighted by Crippen LogP contribution is 2.20. The number of hydrogen-bond acceptors (Lipinski definition) is 4. The second-order valence-corrected chi connectivity index (χ2v) is 8.67. The summed E-state index contributed by atoms with van der Waals surface area (Å²) >= 11 is 6.04. The van der Waals surface area contributed by atoms with E-state index in [9.17, 15) is 13.2 Å². The van der Waals surface area contributed by atoms with Gasteiger partial charge in [0.2, 0.25) is 15.9 Å². The van der Waals surface area contributed by atoms with Crippen molar-refractivity contribution in [3.63, 3.8) is 0 Å². The Morgan fingerprint density at radius 3 is 2.54 bits per heavy atom. The van der Waals surface area contributed by atoms with Gasteiger partial charge in [-0.15, -0.1) is 0 Å². The third-order valence-electron chi connectivity index (χ3n) is 3.97. The number of amides is 1. The summed E-state index contributed by atoms with van der Waals surface area (Å²) in [5.41, 5.74) is 1.38. The molecule has 3 aromatic rings. The first-order valence-corrected chi connectivity index (χ1v) is 10.2. The maximum atomic E-state index is 12.6. The molecular formula is C19H19ClN4O3S. The van der Waals surface area contributed by atoms with Crippen molar-refractivity contribution in [3.8, 4) is 5.69 Å². The number of benzene rings is 2. The van der Waals surface area contributed by atoms with E-state index in [1.54, 1.807) is 60.1 Å². The zero-order valence-corrected chi connectivity index (χ0v) is 16.9. The van der Waals surface area contributed by atoms with Crippen LogP contribution in [-0.4, -0.2) is 42.0 Å². The number of aryl methyl sites for hydroxylation is 1. The van der Waals surface area contributed by atoms with Crippen LogP contribution in [0.4, 0.5) is 5.82 Å². The van der Waals surface area contributed by atoms with Gasteiger partial charge in [-0.2, -0.15) is 9.40 Å². The van der Waals surface area contributed by atoms with E-state index in [0.29, 0.717) is 22.2 Å². The fourth-order valence-electron chi connectivity index (χ4n) is 2.64. The number of hydrogen-bond donors (Lipinski definition) is 1. The third kappa shape index (κ3) is 4.41. The van der Waals surface area contributed by atoms with E-state index >= 15 is 0 Å². The molecule has 0 radical (unpaired) electrons. The molecule has 9 heteroatoms. The van der Waals surface area contributed by atoms with Gasteiger partial charge in [0.15, 0.2) is 0 Å². The lowest BCUT2D eigenvalue weighted by molar-refractivity contribution is -0.116. The molecule has 0 saturated heterocycles. The highest BCUT2D eigenvalue weighted by atomic mass is 35.5. The molecule has 1 aromatic heterocycles. The summed E-state index contributed by atoms with van der Waals surface area (Å²) in [7, 11) is -2.39. The number of nitrogens with one attached hydrogen (secondary N) is 1. The van der Waals surface area contributed by atoms with Crippen molar-refractivity contribution in [2.75, 3.05) is 18.9 Å². The van der Waals surface area contributed by atoms with Crippen molar-refractivity contribution in [1.82, 2.24) is 14.1 Å². The van der Waals surface area contributed by atoms with Gasteiger partial charge in [-0.05, 0) is 37.3 Å². The van der Waals surface area contributed by atoms with Crippen LogP contribution in [0.3, 0.4) is 0 Å². The topological polar surface area (TPSA) is 84.3 Å². The molecule has 0 bridgehead atoms. The lowest BCUT2D eigenvalue weighted by Gasteiger charge is -2.17. The van der Waals surface area contributed by atoms with E-state index < -0.39 is 15.9 Å². The van der Waals surface area contributed by atoms with Gasteiger partial charge in [0, 0.05) is 18.1 Å². The van der Waals surface area contributed by atoms with Crippen LogP contribution in [-0.2, 0) is 14.8 Å². The average Bonchev–Trinajstić information content (AvgIpc) is 3.02. The number of anilines is 1. The highest BCUT2D eigenvalue weighted by Gasteiger charge is 2.23. The Bertz CT molecular complexity index is 1100. The van der Waals surface area contributed by atoms with Gasteiger partial charge in [-0.3, -0.25) is 4.79 Å². The first-order valence-electron chi connectivity index (χ1n) is 8.41. The molecule has 3 rings (SSSR count). The minimum atomic E-state index is -3.76. The summed E-state index contributed by atoms with van der Waals surface area (Å²) in [5.74, 6) is -0.0551. The number of carbonyl (C=O) groups is 1. The quantitative estimate of drug-likeness (QED) is 0.666. The van der Waals surface area contributed by atoms with Gasteiger partial charge in [-0.1, -0.05) is 35.9 Å². The highest BCUT2D eigenvalue weighted by molar-refractivity contribution is 7.89. The molecule has 0 saturated carbocycles. The molecule has 0 atom stereocenters. The van der Waals surface area contributed by atoms with E-state index in [1.807, 2.05) is 0 Å². The fourth-order valence-corrected chi connectivity index (χ4v) is 3.97. The number of rotatable bonds is 6. The predicted octanol–water partition coefficient (Wildman–Crippen LogP) is 3.09. The first-order chi connectivity index (χ1) is 13.3. The lowest BCUT2D eigenvalue weighted by Crippen LogP contribution is -2.35. The Hall–Kier alpha value is -2.68. The lowest BCUT2D eigenvalue weighted by atomic mass is 10.3. The third-order valence-corrected chi connectivity index (χ3v) is 6.02. The molecule has 1 N–H and O–H groups in total. The van der Waals surface area contributed by atoms with Gasteiger partial charge in [0.25, 0.3) is 0 Å². The molecule has 0 aliphatic carbocycles. The summed E-state index contributed by atoms with van der Waals surface area (Å²) in [6.07, 6.45) is 0. The predicted molar refractivity (Wildman–Crippen MR) is 108 cm³/mol. The van der Waals surface area contributed by atoms with Crippen molar-refractivity contribution in [2.45, 2.75) is 11.8 Å². The smallest absolute Gasteiger partial charge is 0.243 e. The van der Waals surface area contributed by atoms with E-state index in [4.69, 9.17) is 11.6 Å². The van der Waals surface area contributed by atoms with Crippen LogP contribution < -0.4 is 5.32 Å². The van der Waals surface area contributed by atoms with Gasteiger partial charge in [0.05, 0.1) is 22.8 Å². The number of sulfonamides is 1. The van der Waals surface area contributed by atoms with E-state index in [-0.39, 0.29) is 11.4 Å². The zero-order valence-electron chi connectivity index (χ0n) is 15.3. The molecule has 146 valence electrons. The maximum absolute atomic E-state index is 12.6. The first kappa shape index (κ1) is 20.1. The zero-order chi connectivity index (χ0) is 20.3. The number of carbonyl (C=O) groups excluding carboxylic acids is 1. The van der Waals surface area contributed by atoms with Crippen molar-refractivity contribution in [3.05, 3.63) is 71.4 Å². The minimum absolute atomic E-state index is 0.130. The van der Waals surface area contributed by atoms with Crippen molar-refractivity contribution < 1.29 is 13.2 Å². The van der Waals surface area contributed by atoms with Gasteiger partial charge in [0.1, 0.15) is 5.82 Å². The number of aromatic nitrogens is 2. The Balaban J connectivity index is 1.77. The van der Waals surface area contributed by atoms with Crippen LogP contribution in [0.2, 0.25) is 5.02 Å². The summed E-state index contributed by atoms with van der Waals surface area (Å²) in [6, 6.07) is 16.7. The molecule has 0 spiro atoms. The maximum Gasteiger partial charge on any atom is 0.243 e. The van der Waals surface area contributed by atoms with Crippen molar-refractivity contribution in [1.29, 1.82) is 0 Å².